The van der Waals surface area contributed by atoms with E-state index >= 15 is 0 Å². The van der Waals surface area contributed by atoms with Gasteiger partial charge in [0.2, 0.25) is 0 Å². The Labute approximate surface area is 213 Å². The van der Waals surface area contributed by atoms with Gasteiger partial charge in [-0.15, -0.1) is 0 Å². The minimum atomic E-state index is 0.137. The summed E-state index contributed by atoms with van der Waals surface area (Å²) < 4.78 is 0. The van der Waals surface area contributed by atoms with Crippen molar-refractivity contribution >= 4 is 11.9 Å². The molecule has 5 aliphatic rings. The van der Waals surface area contributed by atoms with Crippen LogP contribution in [0.4, 0.5) is 0 Å². The van der Waals surface area contributed by atoms with Gasteiger partial charge in [0, 0.05) is 12.2 Å². The molecule has 190 valence electrons. The minimum absolute atomic E-state index is 0.137. The summed E-state index contributed by atoms with van der Waals surface area (Å²) in [6.07, 6.45) is 16.8. The predicted molar refractivity (Wildman–Crippen MR) is 143 cm³/mol. The molecule has 2 heteroatoms. The minimum Gasteiger partial charge on any atom is -0.396 e. The van der Waals surface area contributed by atoms with Crippen molar-refractivity contribution in [2.45, 2.75) is 91.9 Å². The summed E-state index contributed by atoms with van der Waals surface area (Å²) in [5.41, 5.74) is 4.76. The molecule has 0 radical (unpaired) electrons. The fourth-order valence-electron chi connectivity index (χ4n) is 11.5. The molecule has 4 saturated carbocycles. The molecule has 6 rings (SSSR count). The van der Waals surface area contributed by atoms with Gasteiger partial charge in [0.1, 0.15) is 6.29 Å². The fraction of sp³-hybridized carbons (Fsp3) is 0.727. The van der Waals surface area contributed by atoms with Gasteiger partial charge in [0.05, 0.1) is 0 Å². The third-order valence-corrected chi connectivity index (χ3v) is 12.9. The van der Waals surface area contributed by atoms with Crippen LogP contribution in [0.3, 0.4) is 0 Å². The second-order valence-corrected chi connectivity index (χ2v) is 14.3. The zero-order valence-corrected chi connectivity index (χ0v) is 22.5. The third kappa shape index (κ3) is 3.20. The van der Waals surface area contributed by atoms with Gasteiger partial charge in [-0.1, -0.05) is 64.5 Å². The summed E-state index contributed by atoms with van der Waals surface area (Å²) in [4.78, 5) is 11.2. The maximum Gasteiger partial charge on any atom is 0.150 e. The van der Waals surface area contributed by atoms with Crippen molar-refractivity contribution < 1.29 is 9.90 Å². The summed E-state index contributed by atoms with van der Waals surface area (Å²) in [6.45, 7) is 10.8. The number of benzene rings is 1. The lowest BCUT2D eigenvalue weighted by Crippen LogP contribution is -2.61. The molecule has 5 aliphatic carbocycles. The molecule has 1 aromatic rings. The van der Waals surface area contributed by atoms with E-state index in [1.54, 1.807) is 0 Å². The van der Waals surface area contributed by atoms with Crippen LogP contribution in [-0.2, 0) is 0 Å². The predicted octanol–water partition coefficient (Wildman–Crippen LogP) is 7.95. The molecule has 0 aromatic heterocycles. The number of carbonyl (C=O) groups is 1. The summed E-state index contributed by atoms with van der Waals surface area (Å²) in [6, 6.07) is 8.28. The first kappa shape index (κ1) is 24.0. The van der Waals surface area contributed by atoms with Crippen LogP contribution in [0.15, 0.2) is 30.3 Å². The Morgan fingerprint density at radius 1 is 0.857 bits per heavy atom. The van der Waals surface area contributed by atoms with Gasteiger partial charge in [0.25, 0.3) is 0 Å². The van der Waals surface area contributed by atoms with E-state index < -0.39 is 0 Å². The lowest BCUT2D eigenvalue weighted by molar-refractivity contribution is -0.181. The summed E-state index contributed by atoms with van der Waals surface area (Å²) in [5.74, 6) is 3.97. The fourth-order valence-corrected chi connectivity index (χ4v) is 11.5. The average Bonchev–Trinajstić information content (AvgIpc) is 3.29. The van der Waals surface area contributed by atoms with Crippen LogP contribution in [0, 0.1) is 51.2 Å². The van der Waals surface area contributed by atoms with Crippen molar-refractivity contribution in [3.8, 4) is 0 Å². The van der Waals surface area contributed by atoms with Crippen molar-refractivity contribution in [1.82, 2.24) is 0 Å². The van der Waals surface area contributed by atoms with E-state index in [1.807, 2.05) is 12.1 Å². The van der Waals surface area contributed by atoms with Gasteiger partial charge in [-0.3, -0.25) is 4.79 Å². The smallest absolute Gasteiger partial charge is 0.150 e. The molecule has 1 aromatic carbocycles. The zero-order chi connectivity index (χ0) is 24.6. The lowest BCUT2D eigenvalue weighted by atomic mass is 9.36. The lowest BCUT2D eigenvalue weighted by Gasteiger charge is -2.68. The Bertz CT molecular complexity index is 1020. The molecule has 0 bridgehead atoms. The maximum absolute atomic E-state index is 11.2. The van der Waals surface area contributed by atoms with E-state index in [0.29, 0.717) is 23.4 Å². The first-order valence-electron chi connectivity index (χ1n) is 14.6. The van der Waals surface area contributed by atoms with E-state index in [4.69, 9.17) is 0 Å². The topological polar surface area (TPSA) is 37.3 Å². The maximum atomic E-state index is 11.2. The number of rotatable bonds is 3. The third-order valence-electron chi connectivity index (χ3n) is 12.9. The SMILES string of the molecule is CC1(C)C(c2ccc(C=O)cc2)=CC[C@@]2(C)C1CC[C@@]1(C)C3CC[C@@]4(CO)CCCC4[C@H]3CCC12. The molecule has 4 unspecified atom stereocenters. The number of aliphatic hydroxyl groups is 1. The highest BCUT2D eigenvalue weighted by Crippen LogP contribution is 2.73. The van der Waals surface area contributed by atoms with Crippen LogP contribution in [0.25, 0.3) is 5.57 Å². The van der Waals surface area contributed by atoms with Crippen LogP contribution in [0.5, 0.6) is 0 Å². The Hall–Kier alpha value is -1.41. The van der Waals surface area contributed by atoms with Crippen LogP contribution in [-0.4, -0.2) is 18.0 Å². The van der Waals surface area contributed by atoms with Crippen LogP contribution in [0.1, 0.15) is 108 Å². The first-order valence-corrected chi connectivity index (χ1v) is 14.6. The summed E-state index contributed by atoms with van der Waals surface area (Å²) >= 11 is 0. The Kier molecular flexibility index (Phi) is 5.51. The largest absolute Gasteiger partial charge is 0.396 e. The van der Waals surface area contributed by atoms with Crippen molar-refractivity contribution in [3.63, 3.8) is 0 Å². The summed E-state index contributed by atoms with van der Waals surface area (Å²) in [7, 11) is 0. The number of aldehydes is 1. The van der Waals surface area contributed by atoms with E-state index in [-0.39, 0.29) is 10.8 Å². The van der Waals surface area contributed by atoms with E-state index in [9.17, 15) is 9.90 Å². The molecule has 0 amide bonds. The normalized spacial score (nSPS) is 46.0. The van der Waals surface area contributed by atoms with Gasteiger partial charge < -0.3 is 5.11 Å². The van der Waals surface area contributed by atoms with E-state index in [0.717, 1.165) is 35.5 Å². The van der Waals surface area contributed by atoms with E-state index in [2.05, 4.69) is 45.9 Å². The Morgan fingerprint density at radius 2 is 1.63 bits per heavy atom. The van der Waals surface area contributed by atoms with E-state index in [1.165, 1.54) is 75.3 Å². The van der Waals surface area contributed by atoms with Gasteiger partial charge in [-0.05, 0) is 120 Å². The van der Waals surface area contributed by atoms with Crippen LogP contribution < -0.4 is 0 Å². The van der Waals surface area contributed by atoms with Crippen molar-refractivity contribution in [2.75, 3.05) is 6.61 Å². The quantitative estimate of drug-likeness (QED) is 0.451. The molecule has 0 saturated heterocycles. The molecule has 0 heterocycles. The molecule has 35 heavy (non-hydrogen) atoms. The first-order chi connectivity index (χ1) is 16.7. The molecular formula is C33H46O2. The Morgan fingerprint density at radius 3 is 2.34 bits per heavy atom. The average molecular weight is 475 g/mol. The van der Waals surface area contributed by atoms with Crippen molar-refractivity contribution in [3.05, 3.63) is 41.5 Å². The van der Waals surface area contributed by atoms with Crippen molar-refractivity contribution in [1.29, 1.82) is 0 Å². The van der Waals surface area contributed by atoms with Crippen molar-refractivity contribution in [2.24, 2.45) is 51.2 Å². The number of hydrogen-bond donors (Lipinski definition) is 1. The second-order valence-electron chi connectivity index (χ2n) is 14.3. The Balaban J connectivity index is 1.33. The highest BCUT2D eigenvalue weighted by atomic mass is 16.3. The number of hydrogen-bond acceptors (Lipinski definition) is 2. The molecule has 0 spiro atoms. The van der Waals surface area contributed by atoms with Gasteiger partial charge in [-0.25, -0.2) is 0 Å². The molecular weight excluding hydrogens is 428 g/mol. The number of allylic oxidation sites excluding steroid dienone is 2. The highest BCUT2D eigenvalue weighted by Gasteiger charge is 2.65. The standard InChI is InChI=1S/C33H46O2/c1-30(2)25(23-9-7-22(20-34)8-10-23)13-17-32(4)28(30)15-18-31(3)26-14-19-33(21-35)16-5-6-27(33)24(26)11-12-29(31)32/h7-10,13,20,24,26-29,35H,5-6,11-12,14-19,21H2,1-4H3/t24-,26?,27?,28?,29?,31-,32-,33+/m0/s1. The highest BCUT2D eigenvalue weighted by molar-refractivity contribution is 5.78. The molecule has 2 nitrogen and oxygen atoms in total. The molecule has 8 atom stereocenters. The molecule has 1 N–H and O–H groups in total. The molecule has 0 aliphatic heterocycles. The van der Waals surface area contributed by atoms with Gasteiger partial charge in [-0.2, -0.15) is 0 Å². The number of fused-ring (bicyclic) bond motifs is 7. The number of aliphatic hydroxyl groups excluding tert-OH is 1. The monoisotopic (exact) mass is 474 g/mol. The van der Waals surface area contributed by atoms with Gasteiger partial charge >= 0.3 is 0 Å². The van der Waals surface area contributed by atoms with Crippen LogP contribution in [0.2, 0.25) is 0 Å². The zero-order valence-electron chi connectivity index (χ0n) is 22.5. The second kappa shape index (κ2) is 8.04. The molecule has 4 fully saturated rings. The number of carbonyl (C=O) groups excluding carboxylic acids is 1. The van der Waals surface area contributed by atoms with Gasteiger partial charge in [0.15, 0.2) is 0 Å². The van der Waals surface area contributed by atoms with Crippen LogP contribution >= 0.6 is 0 Å². The summed E-state index contributed by atoms with van der Waals surface area (Å²) in [5, 5.41) is 10.4.